The van der Waals surface area contributed by atoms with Crippen molar-refractivity contribution in [3.05, 3.63) is 32.9 Å². The molecule has 0 aliphatic heterocycles. The van der Waals surface area contributed by atoms with E-state index in [9.17, 15) is 9.59 Å². The van der Waals surface area contributed by atoms with Crippen LogP contribution < -0.4 is 0 Å². The zero-order valence-corrected chi connectivity index (χ0v) is 14.7. The molecule has 1 rings (SSSR count). The Balaban J connectivity index is 2.87. The summed E-state index contributed by atoms with van der Waals surface area (Å²) in [4.78, 5) is 25.6. The number of hydrogen-bond donors (Lipinski definition) is 0. The Morgan fingerprint density at radius 1 is 1.33 bits per heavy atom. The summed E-state index contributed by atoms with van der Waals surface area (Å²) in [7, 11) is 1.56. The number of ether oxygens (including phenoxy) is 2. The summed E-state index contributed by atoms with van der Waals surface area (Å²) in [5.74, 6) is -0.609. The van der Waals surface area contributed by atoms with E-state index in [2.05, 4.69) is 22.6 Å². The first-order chi connectivity index (χ1) is 9.99. The SMILES string of the molecule is CCOC(=O)CN(CCOC)C(=O)c1ccc(C)c(I)c1. The normalized spacial score (nSPS) is 10.3. The number of halogens is 1. The Labute approximate surface area is 138 Å². The van der Waals surface area contributed by atoms with E-state index >= 15 is 0 Å². The topological polar surface area (TPSA) is 55.8 Å². The predicted octanol–water partition coefficient (Wildman–Crippen LogP) is 2.25. The van der Waals surface area contributed by atoms with Gasteiger partial charge in [0.25, 0.3) is 5.91 Å². The van der Waals surface area contributed by atoms with E-state index < -0.39 is 5.97 Å². The molecule has 0 aromatic heterocycles. The fraction of sp³-hybridized carbons (Fsp3) is 0.467. The molecule has 0 N–H and O–H groups in total. The van der Waals surface area contributed by atoms with Crippen LogP contribution in [0, 0.1) is 10.5 Å². The molecule has 0 unspecified atom stereocenters. The van der Waals surface area contributed by atoms with E-state index in [-0.39, 0.29) is 12.5 Å². The number of methoxy groups -OCH3 is 1. The fourth-order valence-electron chi connectivity index (χ4n) is 1.72. The minimum atomic E-state index is -0.413. The molecule has 21 heavy (non-hydrogen) atoms. The number of amides is 1. The van der Waals surface area contributed by atoms with Crippen LogP contribution >= 0.6 is 22.6 Å². The third kappa shape index (κ3) is 5.62. The molecule has 0 aliphatic rings. The van der Waals surface area contributed by atoms with Crippen LogP contribution in [0.5, 0.6) is 0 Å². The largest absolute Gasteiger partial charge is 0.465 e. The first kappa shape index (κ1) is 17.9. The Bertz CT molecular complexity index is 504. The van der Waals surface area contributed by atoms with Crippen molar-refractivity contribution in [3.63, 3.8) is 0 Å². The van der Waals surface area contributed by atoms with Gasteiger partial charge >= 0.3 is 5.97 Å². The number of nitrogens with zero attached hydrogens (tertiary/aromatic N) is 1. The van der Waals surface area contributed by atoms with Crippen molar-refractivity contribution >= 4 is 34.5 Å². The Kier molecular flexibility index (Phi) is 7.66. The molecule has 0 aliphatic carbocycles. The zero-order chi connectivity index (χ0) is 15.8. The van der Waals surface area contributed by atoms with Crippen LogP contribution in [-0.4, -0.2) is 50.2 Å². The van der Waals surface area contributed by atoms with Gasteiger partial charge in [0.2, 0.25) is 0 Å². The lowest BCUT2D eigenvalue weighted by atomic mass is 10.1. The summed E-state index contributed by atoms with van der Waals surface area (Å²) in [5, 5.41) is 0. The average Bonchev–Trinajstić information content (AvgIpc) is 2.46. The highest BCUT2D eigenvalue weighted by atomic mass is 127. The van der Waals surface area contributed by atoms with Gasteiger partial charge in [-0.3, -0.25) is 9.59 Å². The molecule has 5 nitrogen and oxygen atoms in total. The fourth-order valence-corrected chi connectivity index (χ4v) is 2.24. The minimum absolute atomic E-state index is 0.0690. The van der Waals surface area contributed by atoms with Crippen molar-refractivity contribution in [3.8, 4) is 0 Å². The number of carbonyl (C=O) groups is 2. The maximum atomic E-state index is 12.5. The Hall–Kier alpha value is -1.15. The molecule has 1 aromatic rings. The van der Waals surface area contributed by atoms with E-state index in [4.69, 9.17) is 9.47 Å². The van der Waals surface area contributed by atoms with Crippen LogP contribution in [0.15, 0.2) is 18.2 Å². The van der Waals surface area contributed by atoms with Crippen molar-refractivity contribution in [1.29, 1.82) is 0 Å². The van der Waals surface area contributed by atoms with Crippen LogP contribution in [0.25, 0.3) is 0 Å². The van der Waals surface area contributed by atoms with Crippen LogP contribution in [0.4, 0.5) is 0 Å². The van der Waals surface area contributed by atoms with Gasteiger partial charge in [-0.1, -0.05) is 6.07 Å². The summed E-state index contributed by atoms with van der Waals surface area (Å²) < 4.78 is 10.9. The molecule has 1 amide bonds. The molecule has 0 saturated carbocycles. The molecular formula is C15H20INO4. The monoisotopic (exact) mass is 405 g/mol. The van der Waals surface area contributed by atoms with Gasteiger partial charge in [-0.05, 0) is 54.1 Å². The molecule has 0 fully saturated rings. The number of rotatable bonds is 7. The van der Waals surface area contributed by atoms with Crippen LogP contribution in [0.2, 0.25) is 0 Å². The lowest BCUT2D eigenvalue weighted by Gasteiger charge is -2.21. The number of carbonyl (C=O) groups excluding carboxylic acids is 2. The first-order valence-electron chi connectivity index (χ1n) is 6.69. The lowest BCUT2D eigenvalue weighted by Crippen LogP contribution is -2.38. The van der Waals surface area contributed by atoms with Crippen molar-refractivity contribution in [2.45, 2.75) is 13.8 Å². The summed E-state index contributed by atoms with van der Waals surface area (Å²) in [6.45, 7) is 4.67. The number of esters is 1. The molecule has 0 atom stereocenters. The smallest absolute Gasteiger partial charge is 0.325 e. The van der Waals surface area contributed by atoms with Crippen molar-refractivity contribution in [2.75, 3.05) is 33.4 Å². The zero-order valence-electron chi connectivity index (χ0n) is 12.5. The molecule has 0 saturated heterocycles. The van der Waals surface area contributed by atoms with Crippen LogP contribution in [0.3, 0.4) is 0 Å². The maximum Gasteiger partial charge on any atom is 0.325 e. The average molecular weight is 405 g/mol. The van der Waals surface area contributed by atoms with Crippen molar-refractivity contribution < 1.29 is 19.1 Å². The minimum Gasteiger partial charge on any atom is -0.465 e. The molecule has 0 heterocycles. The molecular weight excluding hydrogens is 385 g/mol. The summed E-state index contributed by atoms with van der Waals surface area (Å²) >= 11 is 2.19. The lowest BCUT2D eigenvalue weighted by molar-refractivity contribution is -0.143. The second-order valence-corrected chi connectivity index (χ2v) is 5.65. The molecule has 0 radical (unpaired) electrons. The van der Waals surface area contributed by atoms with E-state index in [0.717, 1.165) is 9.13 Å². The Morgan fingerprint density at radius 2 is 2.05 bits per heavy atom. The molecule has 1 aromatic carbocycles. The van der Waals surface area contributed by atoms with Gasteiger partial charge in [0.05, 0.1) is 13.2 Å². The Morgan fingerprint density at radius 3 is 2.62 bits per heavy atom. The number of hydrogen-bond acceptors (Lipinski definition) is 4. The van der Waals surface area contributed by atoms with E-state index in [1.807, 2.05) is 19.1 Å². The van der Waals surface area contributed by atoms with Gasteiger partial charge in [-0.2, -0.15) is 0 Å². The number of benzene rings is 1. The molecule has 116 valence electrons. The molecule has 0 spiro atoms. The molecule has 0 bridgehead atoms. The van der Waals surface area contributed by atoms with Crippen LogP contribution in [0.1, 0.15) is 22.8 Å². The van der Waals surface area contributed by atoms with Gasteiger partial charge in [-0.15, -0.1) is 0 Å². The van der Waals surface area contributed by atoms with Gasteiger partial charge in [0.15, 0.2) is 0 Å². The standard InChI is InChI=1S/C15H20INO4/c1-4-21-14(18)10-17(7-8-20-3)15(19)12-6-5-11(2)13(16)9-12/h5-6,9H,4,7-8,10H2,1-3H3. The predicted molar refractivity (Wildman–Crippen MR) is 88.3 cm³/mol. The quantitative estimate of drug-likeness (QED) is 0.516. The van der Waals surface area contributed by atoms with Crippen molar-refractivity contribution in [2.24, 2.45) is 0 Å². The third-order valence-corrected chi connectivity index (χ3v) is 4.06. The van der Waals surface area contributed by atoms with E-state index in [1.165, 1.54) is 4.90 Å². The van der Waals surface area contributed by atoms with Gasteiger partial charge in [0, 0.05) is 22.8 Å². The second-order valence-electron chi connectivity index (χ2n) is 4.49. The number of aryl methyl sites for hydroxylation is 1. The maximum absolute atomic E-state index is 12.5. The van der Waals surface area contributed by atoms with Crippen LogP contribution in [-0.2, 0) is 14.3 Å². The van der Waals surface area contributed by atoms with Gasteiger partial charge < -0.3 is 14.4 Å². The first-order valence-corrected chi connectivity index (χ1v) is 7.77. The van der Waals surface area contributed by atoms with Crippen molar-refractivity contribution in [1.82, 2.24) is 4.90 Å². The summed E-state index contributed by atoms with van der Waals surface area (Å²) in [6, 6.07) is 5.49. The highest BCUT2D eigenvalue weighted by molar-refractivity contribution is 14.1. The summed E-state index contributed by atoms with van der Waals surface area (Å²) in [5.41, 5.74) is 1.67. The van der Waals surface area contributed by atoms with E-state index in [1.54, 1.807) is 20.1 Å². The molecule has 6 heteroatoms. The highest BCUT2D eigenvalue weighted by Crippen LogP contribution is 2.15. The highest BCUT2D eigenvalue weighted by Gasteiger charge is 2.19. The van der Waals surface area contributed by atoms with Gasteiger partial charge in [-0.25, -0.2) is 0 Å². The second kappa shape index (κ2) is 8.99. The third-order valence-electron chi connectivity index (χ3n) is 2.90. The summed E-state index contributed by atoms with van der Waals surface area (Å²) in [6.07, 6.45) is 0. The van der Waals surface area contributed by atoms with Gasteiger partial charge in [0.1, 0.15) is 6.54 Å². The van der Waals surface area contributed by atoms with E-state index in [0.29, 0.717) is 25.3 Å².